The zero-order valence-electron chi connectivity index (χ0n) is 9.98. The van der Waals surface area contributed by atoms with Crippen molar-refractivity contribution >= 4 is 5.97 Å². The number of hydrogen-bond donors (Lipinski definition) is 2. The molecular weight excluding hydrogens is 210 g/mol. The molecule has 0 aliphatic carbocycles. The lowest BCUT2D eigenvalue weighted by molar-refractivity contribution is -0.139. The first-order valence-electron chi connectivity index (χ1n) is 5.65. The lowest BCUT2D eigenvalue weighted by atomic mass is 9.93. The van der Waals surface area contributed by atoms with E-state index in [4.69, 9.17) is 9.84 Å². The van der Waals surface area contributed by atoms with Gasteiger partial charge in [0.2, 0.25) is 0 Å². The van der Waals surface area contributed by atoms with Crippen molar-refractivity contribution in [2.45, 2.75) is 37.8 Å². The van der Waals surface area contributed by atoms with Crippen LogP contribution >= 0.6 is 0 Å². The molecule has 0 radical (unpaired) electrons. The standard InChI is InChI=1S/C11H21NO4/c1-9(7-10(13)14)12(2)8-11(15)3-5-16-6-4-11/h9,15H,3-8H2,1-2H3,(H,13,14). The zero-order chi connectivity index (χ0) is 12.2. The SMILES string of the molecule is CC(CC(=O)O)N(C)CC1(O)CCOCC1. The summed E-state index contributed by atoms with van der Waals surface area (Å²) in [4.78, 5) is 12.5. The number of hydrogen-bond acceptors (Lipinski definition) is 4. The average molecular weight is 231 g/mol. The number of ether oxygens (including phenoxy) is 1. The maximum atomic E-state index is 10.6. The molecule has 1 unspecified atom stereocenters. The molecule has 0 spiro atoms. The van der Waals surface area contributed by atoms with Gasteiger partial charge in [0.25, 0.3) is 0 Å². The van der Waals surface area contributed by atoms with E-state index >= 15 is 0 Å². The molecule has 1 atom stereocenters. The molecule has 0 saturated carbocycles. The van der Waals surface area contributed by atoms with Crippen molar-refractivity contribution in [1.82, 2.24) is 4.90 Å². The first-order valence-corrected chi connectivity index (χ1v) is 5.65. The molecule has 5 heteroatoms. The Labute approximate surface area is 96.0 Å². The van der Waals surface area contributed by atoms with Crippen molar-refractivity contribution in [1.29, 1.82) is 0 Å². The number of rotatable bonds is 5. The summed E-state index contributed by atoms with van der Waals surface area (Å²) in [5.41, 5.74) is -0.722. The van der Waals surface area contributed by atoms with Gasteiger partial charge in [0.1, 0.15) is 0 Å². The minimum atomic E-state index is -0.807. The number of carboxylic acids is 1. The summed E-state index contributed by atoms with van der Waals surface area (Å²) in [6.45, 7) is 3.52. The second-order valence-electron chi connectivity index (χ2n) is 4.70. The molecular formula is C11H21NO4. The van der Waals surface area contributed by atoms with Gasteiger partial charge in [0.15, 0.2) is 0 Å². The van der Waals surface area contributed by atoms with Gasteiger partial charge in [0, 0.05) is 38.6 Å². The Morgan fingerprint density at radius 3 is 2.56 bits per heavy atom. The Hall–Kier alpha value is -0.650. The molecule has 0 amide bonds. The summed E-state index contributed by atoms with van der Waals surface area (Å²) >= 11 is 0. The van der Waals surface area contributed by atoms with Gasteiger partial charge in [-0.1, -0.05) is 0 Å². The number of nitrogens with zero attached hydrogens (tertiary/aromatic N) is 1. The Bertz CT molecular complexity index is 238. The number of likely N-dealkylation sites (N-methyl/N-ethyl adjacent to an activating group) is 1. The van der Waals surface area contributed by atoms with Crippen LogP contribution in [-0.4, -0.2) is 59.5 Å². The van der Waals surface area contributed by atoms with Crippen LogP contribution in [0.15, 0.2) is 0 Å². The fraction of sp³-hybridized carbons (Fsp3) is 0.909. The highest BCUT2D eigenvalue weighted by atomic mass is 16.5. The summed E-state index contributed by atoms with van der Waals surface area (Å²) in [6, 6.07) is -0.0654. The van der Waals surface area contributed by atoms with Gasteiger partial charge in [-0.15, -0.1) is 0 Å². The fourth-order valence-corrected chi connectivity index (χ4v) is 1.94. The van der Waals surface area contributed by atoms with E-state index in [1.165, 1.54) is 0 Å². The number of carbonyl (C=O) groups is 1. The Balaban J connectivity index is 2.42. The van der Waals surface area contributed by atoms with Crippen LogP contribution in [0.1, 0.15) is 26.2 Å². The van der Waals surface area contributed by atoms with Crippen molar-refractivity contribution in [3.63, 3.8) is 0 Å². The highest BCUT2D eigenvalue weighted by molar-refractivity contribution is 5.67. The molecule has 1 aliphatic heterocycles. The summed E-state index contributed by atoms with van der Waals surface area (Å²) in [7, 11) is 1.85. The molecule has 94 valence electrons. The Morgan fingerprint density at radius 1 is 1.50 bits per heavy atom. The van der Waals surface area contributed by atoms with E-state index in [-0.39, 0.29) is 12.5 Å². The smallest absolute Gasteiger partial charge is 0.304 e. The Morgan fingerprint density at radius 2 is 2.06 bits per heavy atom. The minimum Gasteiger partial charge on any atom is -0.481 e. The van der Waals surface area contributed by atoms with Crippen LogP contribution in [0.3, 0.4) is 0 Å². The third-order valence-corrected chi connectivity index (χ3v) is 3.19. The maximum Gasteiger partial charge on any atom is 0.304 e. The summed E-state index contributed by atoms with van der Waals surface area (Å²) in [6.07, 6.45) is 1.34. The average Bonchev–Trinajstić information content (AvgIpc) is 2.16. The van der Waals surface area contributed by atoms with E-state index < -0.39 is 11.6 Å². The zero-order valence-corrected chi connectivity index (χ0v) is 9.98. The second kappa shape index (κ2) is 5.61. The summed E-state index contributed by atoms with van der Waals surface area (Å²) < 4.78 is 5.20. The first-order chi connectivity index (χ1) is 7.43. The molecule has 0 aromatic heterocycles. The molecule has 1 aliphatic rings. The number of carboxylic acid groups (broad SMARTS) is 1. The maximum absolute atomic E-state index is 10.6. The predicted octanol–water partition coefficient (Wildman–Crippen LogP) is 0.323. The van der Waals surface area contributed by atoms with Crippen molar-refractivity contribution in [2.24, 2.45) is 0 Å². The molecule has 0 aromatic carbocycles. The number of aliphatic carboxylic acids is 1. The van der Waals surface area contributed by atoms with E-state index in [2.05, 4.69) is 0 Å². The Kier molecular flexibility index (Phi) is 4.70. The summed E-state index contributed by atoms with van der Waals surface area (Å²) in [5.74, 6) is -0.807. The molecule has 16 heavy (non-hydrogen) atoms. The topological polar surface area (TPSA) is 70.0 Å². The van der Waals surface area contributed by atoms with Crippen LogP contribution in [0.25, 0.3) is 0 Å². The number of aliphatic hydroxyl groups is 1. The third-order valence-electron chi connectivity index (χ3n) is 3.19. The first kappa shape index (κ1) is 13.4. The molecule has 1 heterocycles. The second-order valence-corrected chi connectivity index (χ2v) is 4.70. The van der Waals surface area contributed by atoms with Crippen LogP contribution in [0, 0.1) is 0 Å². The van der Waals surface area contributed by atoms with Crippen LogP contribution in [0.4, 0.5) is 0 Å². The van der Waals surface area contributed by atoms with E-state index in [9.17, 15) is 9.90 Å². The monoisotopic (exact) mass is 231 g/mol. The van der Waals surface area contributed by atoms with Crippen LogP contribution in [0.2, 0.25) is 0 Å². The van der Waals surface area contributed by atoms with E-state index in [0.717, 1.165) is 0 Å². The normalized spacial score (nSPS) is 22.0. The van der Waals surface area contributed by atoms with Gasteiger partial charge in [-0.05, 0) is 14.0 Å². The molecule has 0 aromatic rings. The molecule has 1 rings (SSSR count). The molecule has 2 N–H and O–H groups in total. The predicted molar refractivity (Wildman–Crippen MR) is 59.3 cm³/mol. The lowest BCUT2D eigenvalue weighted by Crippen LogP contribution is -2.48. The van der Waals surface area contributed by atoms with Gasteiger partial charge in [-0.2, -0.15) is 0 Å². The lowest BCUT2D eigenvalue weighted by Gasteiger charge is -2.37. The van der Waals surface area contributed by atoms with Gasteiger partial charge >= 0.3 is 5.97 Å². The highest BCUT2D eigenvalue weighted by Gasteiger charge is 2.32. The van der Waals surface area contributed by atoms with Crippen molar-refractivity contribution in [3.05, 3.63) is 0 Å². The highest BCUT2D eigenvalue weighted by Crippen LogP contribution is 2.22. The van der Waals surface area contributed by atoms with E-state index in [1.807, 2.05) is 18.9 Å². The van der Waals surface area contributed by atoms with Crippen LogP contribution in [0.5, 0.6) is 0 Å². The van der Waals surface area contributed by atoms with Gasteiger partial charge in [-0.25, -0.2) is 0 Å². The van der Waals surface area contributed by atoms with Gasteiger partial charge < -0.3 is 19.8 Å². The fourth-order valence-electron chi connectivity index (χ4n) is 1.94. The molecule has 1 saturated heterocycles. The van der Waals surface area contributed by atoms with Crippen molar-refractivity contribution in [2.75, 3.05) is 26.8 Å². The minimum absolute atomic E-state index is 0.0654. The summed E-state index contributed by atoms with van der Waals surface area (Å²) in [5, 5.41) is 18.9. The molecule has 5 nitrogen and oxygen atoms in total. The van der Waals surface area contributed by atoms with Crippen molar-refractivity contribution in [3.8, 4) is 0 Å². The molecule has 0 bridgehead atoms. The van der Waals surface area contributed by atoms with Crippen LogP contribution in [-0.2, 0) is 9.53 Å². The third kappa shape index (κ3) is 4.08. The van der Waals surface area contributed by atoms with Crippen molar-refractivity contribution < 1.29 is 19.7 Å². The van der Waals surface area contributed by atoms with E-state index in [0.29, 0.717) is 32.6 Å². The quantitative estimate of drug-likeness (QED) is 0.713. The van der Waals surface area contributed by atoms with Gasteiger partial charge in [0.05, 0.1) is 12.0 Å². The van der Waals surface area contributed by atoms with Gasteiger partial charge in [-0.3, -0.25) is 4.79 Å². The largest absolute Gasteiger partial charge is 0.481 e. The van der Waals surface area contributed by atoms with E-state index in [1.54, 1.807) is 0 Å². The molecule has 1 fully saturated rings. The van der Waals surface area contributed by atoms with Crippen LogP contribution < -0.4 is 0 Å².